The van der Waals surface area contributed by atoms with Gasteiger partial charge in [-0.25, -0.2) is 0 Å². The standard InChI is InChI=1S/C13H12ClNO4S/c1-3-15-12(17)10(20-13(15)18)6-7-4-8(14)11(16)9(5-7)19-2/h4-6,16H,3H2,1-2H3. The highest BCUT2D eigenvalue weighted by Crippen LogP contribution is 2.37. The lowest BCUT2D eigenvalue weighted by atomic mass is 10.2. The highest BCUT2D eigenvalue weighted by Gasteiger charge is 2.33. The van der Waals surface area contributed by atoms with Crippen LogP contribution < -0.4 is 4.74 Å². The molecule has 0 aromatic heterocycles. The number of amides is 2. The normalized spacial score (nSPS) is 17.1. The molecule has 0 spiro atoms. The van der Waals surface area contributed by atoms with Crippen LogP contribution in [0.5, 0.6) is 11.5 Å². The molecule has 20 heavy (non-hydrogen) atoms. The number of hydrogen-bond acceptors (Lipinski definition) is 5. The molecule has 1 aromatic rings. The van der Waals surface area contributed by atoms with Crippen molar-refractivity contribution >= 4 is 40.6 Å². The molecule has 7 heteroatoms. The number of rotatable bonds is 3. The molecule has 0 atom stereocenters. The van der Waals surface area contributed by atoms with Crippen molar-refractivity contribution in [2.45, 2.75) is 6.92 Å². The smallest absolute Gasteiger partial charge is 0.293 e. The second kappa shape index (κ2) is 5.76. The van der Waals surface area contributed by atoms with E-state index in [0.717, 1.165) is 16.7 Å². The maximum atomic E-state index is 12.0. The van der Waals surface area contributed by atoms with Crippen LogP contribution in [0.4, 0.5) is 4.79 Å². The van der Waals surface area contributed by atoms with Crippen LogP contribution in [-0.2, 0) is 4.79 Å². The summed E-state index contributed by atoms with van der Waals surface area (Å²) in [7, 11) is 1.40. The SMILES string of the molecule is CCN1C(=O)SC(=Cc2cc(Cl)c(O)c(OC)c2)C1=O. The van der Waals surface area contributed by atoms with Crippen molar-refractivity contribution in [3.63, 3.8) is 0 Å². The highest BCUT2D eigenvalue weighted by atomic mass is 35.5. The molecule has 1 heterocycles. The maximum Gasteiger partial charge on any atom is 0.293 e. The summed E-state index contributed by atoms with van der Waals surface area (Å²) in [4.78, 5) is 25.0. The third-order valence-electron chi connectivity index (χ3n) is 2.76. The van der Waals surface area contributed by atoms with E-state index in [0.29, 0.717) is 17.0 Å². The molecule has 0 bridgehead atoms. The summed E-state index contributed by atoms with van der Waals surface area (Å²) in [6, 6.07) is 3.04. The molecule has 1 aromatic carbocycles. The first kappa shape index (κ1) is 14.7. The van der Waals surface area contributed by atoms with E-state index in [9.17, 15) is 14.7 Å². The van der Waals surface area contributed by atoms with Gasteiger partial charge in [-0.2, -0.15) is 0 Å². The zero-order valence-corrected chi connectivity index (χ0v) is 12.4. The van der Waals surface area contributed by atoms with Gasteiger partial charge >= 0.3 is 0 Å². The minimum absolute atomic E-state index is 0.116. The van der Waals surface area contributed by atoms with Gasteiger partial charge < -0.3 is 9.84 Å². The van der Waals surface area contributed by atoms with Crippen LogP contribution in [0.2, 0.25) is 5.02 Å². The summed E-state index contributed by atoms with van der Waals surface area (Å²) in [6.07, 6.45) is 1.55. The molecule has 1 fully saturated rings. The summed E-state index contributed by atoms with van der Waals surface area (Å²) in [5, 5.41) is 9.47. The quantitative estimate of drug-likeness (QED) is 0.868. The van der Waals surface area contributed by atoms with Gasteiger partial charge in [0.2, 0.25) is 0 Å². The van der Waals surface area contributed by atoms with E-state index < -0.39 is 0 Å². The van der Waals surface area contributed by atoms with Crippen molar-refractivity contribution in [1.82, 2.24) is 4.90 Å². The number of imide groups is 1. The lowest BCUT2D eigenvalue weighted by Crippen LogP contribution is -2.27. The van der Waals surface area contributed by atoms with E-state index in [4.69, 9.17) is 16.3 Å². The van der Waals surface area contributed by atoms with Crippen molar-refractivity contribution in [2.24, 2.45) is 0 Å². The molecule has 2 amide bonds. The molecule has 2 rings (SSSR count). The van der Waals surface area contributed by atoms with E-state index >= 15 is 0 Å². The Kier molecular flexibility index (Phi) is 4.25. The van der Waals surface area contributed by atoms with E-state index in [1.54, 1.807) is 19.1 Å². The van der Waals surface area contributed by atoms with Gasteiger partial charge in [0, 0.05) is 6.54 Å². The molecule has 0 radical (unpaired) electrons. The molecular formula is C13H12ClNO4S. The average Bonchev–Trinajstić information content (AvgIpc) is 2.68. The van der Waals surface area contributed by atoms with Crippen LogP contribution in [-0.4, -0.2) is 34.8 Å². The van der Waals surface area contributed by atoms with Crippen molar-refractivity contribution in [3.8, 4) is 11.5 Å². The Morgan fingerprint density at radius 3 is 2.70 bits per heavy atom. The van der Waals surface area contributed by atoms with Gasteiger partial charge in [0.05, 0.1) is 17.0 Å². The predicted octanol–water partition coefficient (Wildman–Crippen LogP) is 3.11. The number of phenolic OH excluding ortho intramolecular Hbond substituents is 1. The molecule has 1 saturated heterocycles. The third-order valence-corrected chi connectivity index (χ3v) is 3.95. The number of ether oxygens (including phenoxy) is 1. The largest absolute Gasteiger partial charge is 0.503 e. The van der Waals surface area contributed by atoms with Crippen molar-refractivity contribution in [3.05, 3.63) is 27.6 Å². The molecular weight excluding hydrogens is 302 g/mol. The van der Waals surface area contributed by atoms with E-state index in [-0.39, 0.29) is 27.7 Å². The first-order valence-corrected chi connectivity index (χ1v) is 6.99. The number of benzene rings is 1. The van der Waals surface area contributed by atoms with Gasteiger partial charge in [-0.1, -0.05) is 11.6 Å². The van der Waals surface area contributed by atoms with Gasteiger partial charge in [0.1, 0.15) is 0 Å². The molecule has 106 valence electrons. The van der Waals surface area contributed by atoms with Crippen LogP contribution in [0.25, 0.3) is 6.08 Å². The second-order valence-electron chi connectivity index (χ2n) is 3.98. The number of nitrogens with zero attached hydrogens (tertiary/aromatic N) is 1. The summed E-state index contributed by atoms with van der Waals surface area (Å²) in [5.74, 6) is -0.280. The molecule has 1 N–H and O–H groups in total. The van der Waals surface area contributed by atoms with Gasteiger partial charge in [0.25, 0.3) is 11.1 Å². The number of phenols is 1. The second-order valence-corrected chi connectivity index (χ2v) is 5.38. The molecule has 5 nitrogen and oxygen atoms in total. The van der Waals surface area contributed by atoms with Crippen LogP contribution in [0.1, 0.15) is 12.5 Å². The number of likely N-dealkylation sites (N-methyl/N-ethyl adjacent to an activating group) is 1. The van der Waals surface area contributed by atoms with E-state index in [1.807, 2.05) is 0 Å². The fraction of sp³-hybridized carbons (Fsp3) is 0.231. The minimum atomic E-state index is -0.328. The molecule has 1 aliphatic rings. The van der Waals surface area contributed by atoms with Crippen LogP contribution in [0.15, 0.2) is 17.0 Å². The number of methoxy groups -OCH3 is 1. The minimum Gasteiger partial charge on any atom is -0.503 e. The van der Waals surface area contributed by atoms with Crippen molar-refractivity contribution < 1.29 is 19.4 Å². The summed E-state index contributed by atoms with van der Waals surface area (Å²) >= 11 is 6.75. The van der Waals surface area contributed by atoms with Crippen LogP contribution >= 0.6 is 23.4 Å². The van der Waals surface area contributed by atoms with Gasteiger partial charge in [-0.15, -0.1) is 0 Å². The number of halogens is 1. The van der Waals surface area contributed by atoms with E-state index in [1.165, 1.54) is 13.2 Å². The summed E-state index contributed by atoms with van der Waals surface area (Å²) in [5.41, 5.74) is 0.575. The Balaban J connectivity index is 2.39. The third kappa shape index (κ3) is 2.62. The maximum absolute atomic E-state index is 12.0. The summed E-state index contributed by atoms with van der Waals surface area (Å²) < 4.78 is 4.99. The Labute approximate surface area is 125 Å². The first-order valence-electron chi connectivity index (χ1n) is 5.79. The average molecular weight is 314 g/mol. The Hall–Kier alpha value is -1.66. The fourth-order valence-electron chi connectivity index (χ4n) is 1.76. The Morgan fingerprint density at radius 1 is 1.45 bits per heavy atom. The Morgan fingerprint density at radius 2 is 2.15 bits per heavy atom. The lowest BCUT2D eigenvalue weighted by molar-refractivity contribution is -0.122. The number of hydrogen-bond donors (Lipinski definition) is 1. The monoisotopic (exact) mass is 313 g/mol. The van der Waals surface area contributed by atoms with Gasteiger partial charge in [0.15, 0.2) is 11.5 Å². The number of carbonyl (C=O) groups is 2. The predicted molar refractivity (Wildman–Crippen MR) is 78.0 cm³/mol. The molecule has 0 aliphatic carbocycles. The topological polar surface area (TPSA) is 66.8 Å². The lowest BCUT2D eigenvalue weighted by Gasteiger charge is -2.08. The fourth-order valence-corrected chi connectivity index (χ4v) is 2.88. The Bertz CT molecular complexity index is 615. The van der Waals surface area contributed by atoms with Crippen LogP contribution in [0.3, 0.4) is 0 Å². The highest BCUT2D eigenvalue weighted by molar-refractivity contribution is 8.18. The molecule has 0 unspecified atom stereocenters. The van der Waals surface area contributed by atoms with Gasteiger partial charge in [-0.05, 0) is 42.5 Å². The van der Waals surface area contributed by atoms with Crippen LogP contribution in [0, 0.1) is 0 Å². The molecule has 0 saturated carbocycles. The summed E-state index contributed by atoms with van der Waals surface area (Å²) in [6.45, 7) is 2.07. The van der Waals surface area contributed by atoms with Crippen molar-refractivity contribution in [2.75, 3.05) is 13.7 Å². The molecule has 1 aliphatic heterocycles. The zero-order chi connectivity index (χ0) is 14.9. The number of aromatic hydroxyl groups is 1. The van der Waals surface area contributed by atoms with E-state index in [2.05, 4.69) is 0 Å². The number of carbonyl (C=O) groups excluding carboxylic acids is 2. The van der Waals surface area contributed by atoms with Crippen molar-refractivity contribution in [1.29, 1.82) is 0 Å². The van der Waals surface area contributed by atoms with Gasteiger partial charge in [-0.3, -0.25) is 14.5 Å². The number of thioether (sulfide) groups is 1. The zero-order valence-electron chi connectivity index (χ0n) is 10.8. The first-order chi connectivity index (χ1) is 9.47.